The number of carbonyl (C=O) groups excluding carboxylic acids is 2. The number of rotatable bonds is 6. The Hall–Kier alpha value is -2.38. The van der Waals surface area contributed by atoms with Crippen LogP contribution >= 0.6 is 0 Å². The van der Waals surface area contributed by atoms with E-state index in [2.05, 4.69) is 4.89 Å². The Morgan fingerprint density at radius 2 is 1.86 bits per heavy atom. The minimum absolute atomic E-state index is 0.117. The van der Waals surface area contributed by atoms with Crippen LogP contribution in [0.2, 0.25) is 0 Å². The molecular weight excluding hydrogens is 362 g/mol. The molecule has 1 amide bonds. The van der Waals surface area contributed by atoms with E-state index in [9.17, 15) is 14.7 Å². The summed E-state index contributed by atoms with van der Waals surface area (Å²) in [6, 6.07) is 9.27. The second-order valence-corrected chi connectivity index (χ2v) is 7.78. The molecule has 0 saturated carbocycles. The predicted molar refractivity (Wildman–Crippen MR) is 103 cm³/mol. The molecule has 1 aliphatic rings. The molecule has 1 fully saturated rings. The first-order valence-corrected chi connectivity index (χ1v) is 9.46. The summed E-state index contributed by atoms with van der Waals surface area (Å²) in [4.78, 5) is 35.0. The number of allylic oxidation sites excluding steroid dienone is 1. The molecule has 28 heavy (non-hydrogen) atoms. The van der Waals surface area contributed by atoms with Crippen LogP contribution in [0, 0.1) is 5.92 Å². The van der Waals surface area contributed by atoms with E-state index in [0.717, 1.165) is 18.4 Å². The van der Waals surface area contributed by atoms with Crippen LogP contribution in [0.5, 0.6) is 0 Å². The van der Waals surface area contributed by atoms with Crippen LogP contribution in [0.4, 0.5) is 4.79 Å². The van der Waals surface area contributed by atoms with Gasteiger partial charge in [-0.3, -0.25) is 4.89 Å². The quantitative estimate of drug-likeness (QED) is 0.455. The van der Waals surface area contributed by atoms with Gasteiger partial charge in [-0.1, -0.05) is 36.4 Å². The number of likely N-dealkylation sites (tertiary alicyclic amines) is 1. The van der Waals surface area contributed by atoms with Crippen LogP contribution in [0.3, 0.4) is 0 Å². The fourth-order valence-electron chi connectivity index (χ4n) is 2.72. The number of aliphatic hydroxyl groups is 1. The van der Waals surface area contributed by atoms with Gasteiger partial charge in [0, 0.05) is 13.1 Å². The summed E-state index contributed by atoms with van der Waals surface area (Å²) in [6.45, 7) is 6.78. The van der Waals surface area contributed by atoms with Gasteiger partial charge in [0.1, 0.15) is 12.2 Å². The molecule has 0 bridgehead atoms. The second-order valence-electron chi connectivity index (χ2n) is 7.78. The van der Waals surface area contributed by atoms with Gasteiger partial charge in [-0.05, 0) is 51.2 Å². The second kappa shape index (κ2) is 10.2. The van der Waals surface area contributed by atoms with Crippen molar-refractivity contribution in [2.45, 2.75) is 51.9 Å². The summed E-state index contributed by atoms with van der Waals surface area (Å²) in [5.41, 5.74) is 0.345. The van der Waals surface area contributed by atoms with Crippen molar-refractivity contribution < 1.29 is 29.2 Å². The number of nitrogens with zero attached hydrogens (tertiary/aromatic N) is 1. The van der Waals surface area contributed by atoms with E-state index in [4.69, 9.17) is 9.62 Å². The number of piperidine rings is 1. The minimum atomic E-state index is -1.39. The number of ether oxygens (including phenoxy) is 1. The molecule has 1 heterocycles. The molecule has 1 N–H and O–H groups in total. The highest BCUT2D eigenvalue weighted by Gasteiger charge is 2.26. The Bertz CT molecular complexity index is 659. The fraction of sp³-hybridized carbons (Fsp3) is 0.524. The van der Waals surface area contributed by atoms with E-state index < -0.39 is 17.7 Å². The van der Waals surface area contributed by atoms with Gasteiger partial charge in [-0.25, -0.2) is 9.59 Å². The molecule has 7 nitrogen and oxygen atoms in total. The van der Waals surface area contributed by atoms with Crippen molar-refractivity contribution in [3.63, 3.8) is 0 Å². The topological polar surface area (TPSA) is 85.3 Å². The Morgan fingerprint density at radius 1 is 1.21 bits per heavy atom. The highest BCUT2D eigenvalue weighted by molar-refractivity contribution is 5.75. The summed E-state index contributed by atoms with van der Waals surface area (Å²) >= 11 is 0. The zero-order valence-electron chi connectivity index (χ0n) is 16.7. The smallest absolute Gasteiger partial charge is 0.410 e. The lowest BCUT2D eigenvalue weighted by molar-refractivity contribution is -0.284. The SMILES string of the molecule is CC(C)(C)OC(=O)N1CCC(/C=C/[C@H](O)C(=O)OOCc2ccccc2)CC1. The van der Waals surface area contributed by atoms with Gasteiger partial charge in [-0.2, -0.15) is 4.89 Å². The molecular formula is C21H29NO6. The number of amides is 1. The molecule has 0 unspecified atom stereocenters. The molecule has 0 radical (unpaired) electrons. The van der Waals surface area contributed by atoms with E-state index in [-0.39, 0.29) is 18.6 Å². The summed E-state index contributed by atoms with van der Waals surface area (Å²) in [7, 11) is 0. The lowest BCUT2D eigenvalue weighted by atomic mass is 9.96. The van der Waals surface area contributed by atoms with Crippen molar-refractivity contribution in [2.24, 2.45) is 5.92 Å². The molecule has 1 aromatic rings. The maximum Gasteiger partial charge on any atom is 0.410 e. The van der Waals surface area contributed by atoms with Crippen LogP contribution in [0.1, 0.15) is 39.2 Å². The first-order valence-electron chi connectivity index (χ1n) is 9.46. The van der Waals surface area contributed by atoms with Crippen LogP contribution < -0.4 is 0 Å². The lowest BCUT2D eigenvalue weighted by Gasteiger charge is -2.32. The third kappa shape index (κ3) is 7.70. The summed E-state index contributed by atoms with van der Waals surface area (Å²) < 4.78 is 5.37. The average molecular weight is 391 g/mol. The number of hydrogen-bond donors (Lipinski definition) is 1. The van der Waals surface area contributed by atoms with Gasteiger partial charge in [0.25, 0.3) is 0 Å². The minimum Gasteiger partial charge on any atom is -0.444 e. The number of benzene rings is 1. The molecule has 0 aliphatic carbocycles. The van der Waals surface area contributed by atoms with Crippen LogP contribution in [0.25, 0.3) is 0 Å². The summed E-state index contributed by atoms with van der Waals surface area (Å²) in [5, 5.41) is 9.89. The van der Waals surface area contributed by atoms with E-state index in [1.165, 1.54) is 6.08 Å². The molecule has 7 heteroatoms. The Labute approximate surface area is 165 Å². The van der Waals surface area contributed by atoms with E-state index in [0.29, 0.717) is 13.1 Å². The average Bonchev–Trinajstić information content (AvgIpc) is 2.66. The Balaban J connectivity index is 1.69. The lowest BCUT2D eigenvalue weighted by Crippen LogP contribution is -2.41. The zero-order valence-corrected chi connectivity index (χ0v) is 16.7. The number of hydrogen-bond acceptors (Lipinski definition) is 6. The number of carbonyl (C=O) groups is 2. The molecule has 1 atom stereocenters. The van der Waals surface area contributed by atoms with Crippen LogP contribution in [-0.2, 0) is 25.9 Å². The summed E-state index contributed by atoms with van der Waals surface area (Å²) in [5.74, 6) is -0.690. The molecule has 1 saturated heterocycles. The highest BCUT2D eigenvalue weighted by Crippen LogP contribution is 2.21. The fourth-order valence-corrected chi connectivity index (χ4v) is 2.72. The Kier molecular flexibility index (Phi) is 8.02. The van der Waals surface area contributed by atoms with Gasteiger partial charge in [0.05, 0.1) is 0 Å². The maximum absolute atomic E-state index is 12.0. The van der Waals surface area contributed by atoms with Crippen molar-refractivity contribution in [3.8, 4) is 0 Å². The van der Waals surface area contributed by atoms with Crippen molar-refractivity contribution in [1.82, 2.24) is 4.90 Å². The van der Waals surface area contributed by atoms with Crippen molar-refractivity contribution >= 4 is 12.1 Å². The van der Waals surface area contributed by atoms with Crippen LogP contribution in [0.15, 0.2) is 42.5 Å². The molecule has 2 rings (SSSR count). The van der Waals surface area contributed by atoms with Gasteiger partial charge in [-0.15, -0.1) is 0 Å². The molecule has 0 aromatic heterocycles. The van der Waals surface area contributed by atoms with E-state index >= 15 is 0 Å². The maximum atomic E-state index is 12.0. The first kappa shape index (κ1) is 21.9. The van der Waals surface area contributed by atoms with Gasteiger partial charge in [0.2, 0.25) is 0 Å². The van der Waals surface area contributed by atoms with E-state index in [1.807, 2.05) is 51.1 Å². The van der Waals surface area contributed by atoms with Crippen molar-refractivity contribution in [3.05, 3.63) is 48.0 Å². The molecule has 154 valence electrons. The monoisotopic (exact) mass is 391 g/mol. The van der Waals surface area contributed by atoms with Gasteiger partial charge < -0.3 is 14.7 Å². The predicted octanol–water partition coefficient (Wildman–Crippen LogP) is 3.23. The zero-order chi connectivity index (χ0) is 20.6. The third-order valence-electron chi connectivity index (χ3n) is 4.21. The molecule has 1 aromatic carbocycles. The van der Waals surface area contributed by atoms with Gasteiger partial charge >= 0.3 is 12.1 Å². The van der Waals surface area contributed by atoms with Crippen molar-refractivity contribution in [1.29, 1.82) is 0 Å². The third-order valence-corrected chi connectivity index (χ3v) is 4.21. The van der Waals surface area contributed by atoms with Gasteiger partial charge in [0.15, 0.2) is 6.10 Å². The highest BCUT2D eigenvalue weighted by atomic mass is 17.2. The normalized spacial score (nSPS) is 16.8. The molecule has 1 aliphatic heterocycles. The Morgan fingerprint density at radius 3 is 2.46 bits per heavy atom. The van der Waals surface area contributed by atoms with E-state index in [1.54, 1.807) is 11.0 Å². The first-order chi connectivity index (χ1) is 13.2. The largest absolute Gasteiger partial charge is 0.444 e. The standard InChI is InChI=1S/C21H29NO6/c1-21(2,3)27-20(25)22-13-11-16(12-14-22)9-10-18(23)19(24)28-26-15-17-7-5-4-6-8-17/h4-10,16,18,23H,11-15H2,1-3H3/b10-9+/t18-/m0/s1. The van der Waals surface area contributed by atoms with Crippen LogP contribution in [-0.4, -0.2) is 46.9 Å². The molecule has 0 spiro atoms. The van der Waals surface area contributed by atoms with Crippen molar-refractivity contribution in [2.75, 3.05) is 13.1 Å². The number of aliphatic hydroxyl groups excluding tert-OH is 1. The summed E-state index contributed by atoms with van der Waals surface area (Å²) in [6.07, 6.45) is 2.97.